The number of nitrogens with one attached hydrogen (secondary N) is 1. The SMILES string of the molecule is CC(C)(C)OC(=O)Nc1cc(O)c2occc2c1. The van der Waals surface area contributed by atoms with E-state index in [9.17, 15) is 9.90 Å². The Bertz CT molecular complexity index is 580. The third-order valence-electron chi connectivity index (χ3n) is 2.18. The monoisotopic (exact) mass is 249 g/mol. The lowest BCUT2D eigenvalue weighted by Gasteiger charge is -2.19. The predicted molar refractivity (Wildman–Crippen MR) is 67.7 cm³/mol. The van der Waals surface area contributed by atoms with Gasteiger partial charge in [-0.2, -0.15) is 0 Å². The van der Waals surface area contributed by atoms with E-state index in [2.05, 4.69) is 5.32 Å². The molecule has 5 heteroatoms. The highest BCUT2D eigenvalue weighted by Crippen LogP contribution is 2.29. The van der Waals surface area contributed by atoms with Crippen LogP contribution in [-0.4, -0.2) is 16.8 Å². The van der Waals surface area contributed by atoms with Gasteiger partial charge in [-0.05, 0) is 32.9 Å². The van der Waals surface area contributed by atoms with E-state index in [0.717, 1.165) is 0 Å². The average Bonchev–Trinajstić information content (AvgIpc) is 2.62. The summed E-state index contributed by atoms with van der Waals surface area (Å²) in [4.78, 5) is 11.6. The Kier molecular flexibility index (Phi) is 2.90. The first kappa shape index (κ1) is 12.3. The zero-order valence-corrected chi connectivity index (χ0v) is 10.5. The number of anilines is 1. The normalized spacial score (nSPS) is 11.5. The number of phenolic OH excluding ortho intramolecular Hbond substituents is 1. The van der Waals surface area contributed by atoms with Crippen molar-refractivity contribution in [1.29, 1.82) is 0 Å². The van der Waals surface area contributed by atoms with Gasteiger partial charge in [0.1, 0.15) is 5.60 Å². The van der Waals surface area contributed by atoms with Crippen LogP contribution in [0.15, 0.2) is 28.9 Å². The molecule has 0 aliphatic carbocycles. The first-order valence-corrected chi connectivity index (χ1v) is 5.55. The molecule has 0 unspecified atom stereocenters. The molecular weight excluding hydrogens is 234 g/mol. The van der Waals surface area contributed by atoms with Crippen LogP contribution in [-0.2, 0) is 4.74 Å². The highest BCUT2D eigenvalue weighted by Gasteiger charge is 2.17. The number of phenols is 1. The van der Waals surface area contributed by atoms with E-state index < -0.39 is 11.7 Å². The lowest BCUT2D eigenvalue weighted by Crippen LogP contribution is -2.27. The quantitative estimate of drug-likeness (QED) is 0.811. The molecule has 2 N–H and O–H groups in total. The maximum Gasteiger partial charge on any atom is 0.412 e. The topological polar surface area (TPSA) is 71.7 Å². The van der Waals surface area contributed by atoms with Crippen LogP contribution in [0.1, 0.15) is 20.8 Å². The lowest BCUT2D eigenvalue weighted by atomic mass is 10.2. The molecule has 0 spiro atoms. The van der Waals surface area contributed by atoms with Crippen LogP contribution in [0.4, 0.5) is 10.5 Å². The Labute approximate surface area is 104 Å². The molecule has 0 saturated carbocycles. The Hall–Kier alpha value is -2.17. The van der Waals surface area contributed by atoms with Gasteiger partial charge in [0, 0.05) is 17.1 Å². The number of fused-ring (bicyclic) bond motifs is 1. The summed E-state index contributed by atoms with van der Waals surface area (Å²) in [5.74, 6) is -0.0245. The van der Waals surface area contributed by atoms with Crippen LogP contribution in [0.2, 0.25) is 0 Å². The van der Waals surface area contributed by atoms with E-state index >= 15 is 0 Å². The summed E-state index contributed by atoms with van der Waals surface area (Å²) < 4.78 is 10.2. The van der Waals surface area contributed by atoms with Gasteiger partial charge in [0.25, 0.3) is 0 Å². The van der Waals surface area contributed by atoms with Crippen LogP contribution in [0.25, 0.3) is 11.0 Å². The van der Waals surface area contributed by atoms with Crippen molar-refractivity contribution in [2.24, 2.45) is 0 Å². The molecule has 2 rings (SSSR count). The number of ether oxygens (including phenoxy) is 1. The van der Waals surface area contributed by atoms with E-state index in [-0.39, 0.29) is 5.75 Å². The summed E-state index contributed by atoms with van der Waals surface area (Å²) in [6, 6.07) is 4.81. The Morgan fingerprint density at radius 2 is 2.11 bits per heavy atom. The van der Waals surface area contributed by atoms with Crippen LogP contribution < -0.4 is 5.32 Å². The summed E-state index contributed by atoms with van der Waals surface area (Å²) in [5, 5.41) is 13.0. The van der Waals surface area contributed by atoms with Gasteiger partial charge >= 0.3 is 6.09 Å². The van der Waals surface area contributed by atoms with Crippen molar-refractivity contribution in [2.45, 2.75) is 26.4 Å². The third-order valence-corrected chi connectivity index (χ3v) is 2.18. The maximum absolute atomic E-state index is 11.6. The second kappa shape index (κ2) is 4.25. The van der Waals surface area contributed by atoms with Gasteiger partial charge < -0.3 is 14.3 Å². The van der Waals surface area contributed by atoms with Crippen molar-refractivity contribution in [2.75, 3.05) is 5.32 Å². The van der Waals surface area contributed by atoms with Crippen LogP contribution in [0, 0.1) is 0 Å². The molecule has 1 aromatic carbocycles. The van der Waals surface area contributed by atoms with Gasteiger partial charge in [0.05, 0.1) is 6.26 Å². The number of aromatic hydroxyl groups is 1. The first-order chi connectivity index (χ1) is 8.35. The minimum atomic E-state index is -0.565. The highest BCUT2D eigenvalue weighted by molar-refractivity contribution is 5.92. The van der Waals surface area contributed by atoms with Crippen LogP contribution in [0.5, 0.6) is 5.75 Å². The molecule has 0 fully saturated rings. The summed E-state index contributed by atoms with van der Waals surface area (Å²) in [7, 11) is 0. The summed E-state index contributed by atoms with van der Waals surface area (Å²) in [6.07, 6.45) is 0.909. The van der Waals surface area contributed by atoms with E-state index in [1.165, 1.54) is 12.3 Å². The van der Waals surface area contributed by atoms with Crippen molar-refractivity contribution in [3.05, 3.63) is 24.5 Å². The molecule has 0 aliphatic heterocycles. The van der Waals surface area contributed by atoms with E-state index in [1.807, 2.05) is 0 Å². The number of carbonyl (C=O) groups is 1. The van der Waals surface area contributed by atoms with Crippen molar-refractivity contribution in [1.82, 2.24) is 0 Å². The minimum absolute atomic E-state index is 0.0245. The number of carbonyl (C=O) groups excluding carboxylic acids is 1. The summed E-state index contributed by atoms with van der Waals surface area (Å²) in [5.41, 5.74) is 0.284. The fraction of sp³-hybridized carbons (Fsp3) is 0.308. The molecule has 1 amide bonds. The van der Waals surface area contributed by atoms with Gasteiger partial charge in [-0.25, -0.2) is 4.79 Å². The largest absolute Gasteiger partial charge is 0.504 e. The van der Waals surface area contributed by atoms with Gasteiger partial charge in [-0.1, -0.05) is 0 Å². The average molecular weight is 249 g/mol. The van der Waals surface area contributed by atoms with Gasteiger partial charge in [-0.3, -0.25) is 5.32 Å². The molecule has 0 bridgehead atoms. The molecule has 1 heterocycles. The zero-order chi connectivity index (χ0) is 13.3. The standard InChI is InChI=1S/C13H15NO4/c1-13(2,3)18-12(16)14-9-6-8-4-5-17-11(8)10(15)7-9/h4-7,15H,1-3H3,(H,14,16). The molecule has 1 aromatic heterocycles. The molecular formula is C13H15NO4. The molecule has 0 aliphatic rings. The molecule has 0 atom stereocenters. The molecule has 96 valence electrons. The van der Waals surface area contributed by atoms with E-state index in [0.29, 0.717) is 16.7 Å². The van der Waals surface area contributed by atoms with Gasteiger partial charge in [0.15, 0.2) is 11.3 Å². The van der Waals surface area contributed by atoms with Crippen LogP contribution in [0.3, 0.4) is 0 Å². The number of hydrogen-bond donors (Lipinski definition) is 2. The number of benzene rings is 1. The smallest absolute Gasteiger partial charge is 0.412 e. The number of amides is 1. The highest BCUT2D eigenvalue weighted by atomic mass is 16.6. The first-order valence-electron chi connectivity index (χ1n) is 5.55. The van der Waals surface area contributed by atoms with Gasteiger partial charge in [-0.15, -0.1) is 0 Å². The maximum atomic E-state index is 11.6. The van der Waals surface area contributed by atoms with Crippen molar-refractivity contribution >= 4 is 22.7 Å². The second-order valence-corrected chi connectivity index (χ2v) is 4.96. The summed E-state index contributed by atoms with van der Waals surface area (Å²) >= 11 is 0. The summed E-state index contributed by atoms with van der Waals surface area (Å²) in [6.45, 7) is 5.34. The molecule has 0 radical (unpaired) electrons. The fourth-order valence-corrected chi connectivity index (χ4v) is 1.56. The number of rotatable bonds is 1. The molecule has 18 heavy (non-hydrogen) atoms. The van der Waals surface area contributed by atoms with Crippen LogP contribution >= 0.6 is 0 Å². The Balaban J connectivity index is 2.19. The van der Waals surface area contributed by atoms with Crippen molar-refractivity contribution in [3.63, 3.8) is 0 Å². The molecule has 5 nitrogen and oxygen atoms in total. The minimum Gasteiger partial charge on any atom is -0.504 e. The Morgan fingerprint density at radius 3 is 2.78 bits per heavy atom. The van der Waals surface area contributed by atoms with Gasteiger partial charge in [0.2, 0.25) is 0 Å². The lowest BCUT2D eigenvalue weighted by molar-refractivity contribution is 0.0636. The van der Waals surface area contributed by atoms with E-state index in [4.69, 9.17) is 9.15 Å². The Morgan fingerprint density at radius 1 is 1.39 bits per heavy atom. The molecule has 2 aromatic rings. The van der Waals surface area contributed by atoms with Crippen molar-refractivity contribution < 1.29 is 19.1 Å². The molecule has 0 saturated heterocycles. The number of hydrogen-bond acceptors (Lipinski definition) is 4. The van der Waals surface area contributed by atoms with E-state index in [1.54, 1.807) is 32.9 Å². The fourth-order valence-electron chi connectivity index (χ4n) is 1.56. The third kappa shape index (κ3) is 2.74. The van der Waals surface area contributed by atoms with Crippen molar-refractivity contribution in [3.8, 4) is 5.75 Å². The second-order valence-electron chi connectivity index (χ2n) is 4.96. The zero-order valence-electron chi connectivity index (χ0n) is 10.5. The number of furan rings is 1. The predicted octanol–water partition coefficient (Wildman–Crippen LogP) is 3.49.